The SMILES string of the molecule is CC1CCc2c(sc3ncnc(N4CCN(C(=O)c5ccc(C(C)C)cc5)CC4)c23)C1. The van der Waals surface area contributed by atoms with E-state index in [4.69, 9.17) is 4.98 Å². The first-order chi connectivity index (χ1) is 15.0. The number of carbonyl (C=O) groups is 1. The van der Waals surface area contributed by atoms with Gasteiger partial charge in [0.2, 0.25) is 0 Å². The molecular weight excluding hydrogens is 404 g/mol. The van der Waals surface area contributed by atoms with Crippen LogP contribution in [0.2, 0.25) is 0 Å². The van der Waals surface area contributed by atoms with Gasteiger partial charge in [0, 0.05) is 36.6 Å². The summed E-state index contributed by atoms with van der Waals surface area (Å²) in [6, 6.07) is 8.09. The number of nitrogens with zero attached hydrogens (tertiary/aromatic N) is 4. The molecular formula is C25H30N4OS. The normalized spacial score (nSPS) is 19.2. The maximum absolute atomic E-state index is 13.0. The van der Waals surface area contributed by atoms with Gasteiger partial charge in [0.25, 0.3) is 5.91 Å². The van der Waals surface area contributed by atoms with E-state index in [9.17, 15) is 4.79 Å². The summed E-state index contributed by atoms with van der Waals surface area (Å²) in [6.45, 7) is 9.74. The fourth-order valence-electron chi connectivity index (χ4n) is 4.81. The number of benzene rings is 1. The summed E-state index contributed by atoms with van der Waals surface area (Å²) in [5, 5.41) is 1.26. The largest absolute Gasteiger partial charge is 0.352 e. The molecule has 0 N–H and O–H groups in total. The van der Waals surface area contributed by atoms with Gasteiger partial charge in [-0.05, 0) is 54.4 Å². The Morgan fingerprint density at radius 3 is 2.55 bits per heavy atom. The second-order valence-electron chi connectivity index (χ2n) is 9.29. The second kappa shape index (κ2) is 8.23. The fraction of sp³-hybridized carbons (Fsp3) is 0.480. The third kappa shape index (κ3) is 3.82. The van der Waals surface area contributed by atoms with E-state index in [0.29, 0.717) is 5.92 Å². The smallest absolute Gasteiger partial charge is 0.253 e. The average Bonchev–Trinajstić information content (AvgIpc) is 3.16. The van der Waals surface area contributed by atoms with Crippen LogP contribution in [0.3, 0.4) is 0 Å². The Kier molecular flexibility index (Phi) is 5.42. The average molecular weight is 435 g/mol. The first-order valence-electron chi connectivity index (χ1n) is 11.4. The number of fused-ring (bicyclic) bond motifs is 3. The molecule has 2 aliphatic rings. The molecule has 5 rings (SSSR count). The standard InChI is InChI=1S/C25H30N4OS/c1-16(2)18-5-7-19(8-6-18)25(30)29-12-10-28(11-13-29)23-22-20-9-4-17(3)14-21(20)31-24(22)27-15-26-23/h5-8,15-17H,4,9-14H2,1-3H3. The van der Waals surface area contributed by atoms with Gasteiger partial charge in [-0.25, -0.2) is 9.97 Å². The number of aromatic nitrogens is 2. The lowest BCUT2D eigenvalue weighted by molar-refractivity contribution is 0.0746. The van der Waals surface area contributed by atoms with Crippen molar-refractivity contribution in [1.29, 1.82) is 0 Å². The van der Waals surface area contributed by atoms with E-state index in [1.807, 2.05) is 28.4 Å². The first-order valence-corrected chi connectivity index (χ1v) is 12.2. The van der Waals surface area contributed by atoms with E-state index in [0.717, 1.165) is 61.2 Å². The van der Waals surface area contributed by atoms with Crippen molar-refractivity contribution in [2.45, 2.75) is 46.0 Å². The highest BCUT2D eigenvalue weighted by molar-refractivity contribution is 7.19. The van der Waals surface area contributed by atoms with E-state index in [2.05, 4.69) is 42.8 Å². The van der Waals surface area contributed by atoms with Crippen molar-refractivity contribution in [3.8, 4) is 0 Å². The number of piperazine rings is 1. The highest BCUT2D eigenvalue weighted by atomic mass is 32.1. The minimum atomic E-state index is 0.129. The molecule has 3 heterocycles. The molecule has 1 aliphatic carbocycles. The van der Waals surface area contributed by atoms with Crippen LogP contribution in [-0.4, -0.2) is 47.0 Å². The predicted molar refractivity (Wildman–Crippen MR) is 127 cm³/mol. The molecule has 1 saturated heterocycles. The number of thiophene rings is 1. The Balaban J connectivity index is 1.33. The van der Waals surface area contributed by atoms with E-state index in [1.165, 1.54) is 27.8 Å². The third-order valence-electron chi connectivity index (χ3n) is 6.76. The summed E-state index contributed by atoms with van der Waals surface area (Å²) in [7, 11) is 0. The third-order valence-corrected chi connectivity index (χ3v) is 7.92. The quantitative estimate of drug-likeness (QED) is 0.588. The molecule has 6 heteroatoms. The molecule has 2 aromatic heterocycles. The van der Waals surface area contributed by atoms with Crippen molar-refractivity contribution in [3.63, 3.8) is 0 Å². The lowest BCUT2D eigenvalue weighted by Crippen LogP contribution is -2.49. The number of hydrogen-bond acceptors (Lipinski definition) is 5. The molecule has 1 amide bonds. The molecule has 31 heavy (non-hydrogen) atoms. The maximum Gasteiger partial charge on any atom is 0.253 e. The highest BCUT2D eigenvalue weighted by Crippen LogP contribution is 2.40. The zero-order chi connectivity index (χ0) is 21.5. The van der Waals surface area contributed by atoms with E-state index in [-0.39, 0.29) is 5.91 Å². The van der Waals surface area contributed by atoms with Gasteiger partial charge in [0.1, 0.15) is 17.0 Å². The molecule has 0 radical (unpaired) electrons. The number of carbonyl (C=O) groups excluding carboxylic acids is 1. The Labute approximate surface area is 188 Å². The molecule has 1 unspecified atom stereocenters. The van der Waals surface area contributed by atoms with Crippen molar-refractivity contribution in [2.24, 2.45) is 5.92 Å². The second-order valence-corrected chi connectivity index (χ2v) is 10.4. The van der Waals surface area contributed by atoms with Crippen LogP contribution in [0.15, 0.2) is 30.6 Å². The lowest BCUT2D eigenvalue weighted by atomic mass is 9.89. The summed E-state index contributed by atoms with van der Waals surface area (Å²) < 4.78 is 0. The predicted octanol–water partition coefficient (Wildman–Crippen LogP) is 4.90. The number of hydrogen-bond donors (Lipinski definition) is 0. The van der Waals surface area contributed by atoms with Gasteiger partial charge in [-0.1, -0.05) is 32.9 Å². The minimum Gasteiger partial charge on any atom is -0.352 e. The van der Waals surface area contributed by atoms with Crippen LogP contribution in [0.5, 0.6) is 0 Å². The van der Waals surface area contributed by atoms with Gasteiger partial charge >= 0.3 is 0 Å². The number of rotatable bonds is 3. The summed E-state index contributed by atoms with van der Waals surface area (Å²) in [5.74, 6) is 2.42. The Hall–Kier alpha value is -2.47. The van der Waals surface area contributed by atoms with E-state index < -0.39 is 0 Å². The summed E-state index contributed by atoms with van der Waals surface area (Å²) in [5.41, 5.74) is 3.52. The van der Waals surface area contributed by atoms with Crippen molar-refractivity contribution >= 4 is 33.3 Å². The van der Waals surface area contributed by atoms with Gasteiger partial charge < -0.3 is 9.80 Å². The zero-order valence-corrected chi connectivity index (χ0v) is 19.4. The fourth-order valence-corrected chi connectivity index (χ4v) is 6.16. The Bertz CT molecular complexity index is 1100. The molecule has 0 bridgehead atoms. The van der Waals surface area contributed by atoms with Crippen LogP contribution in [0.25, 0.3) is 10.2 Å². The van der Waals surface area contributed by atoms with Crippen molar-refractivity contribution in [3.05, 3.63) is 52.2 Å². The molecule has 3 aromatic rings. The maximum atomic E-state index is 13.0. The van der Waals surface area contributed by atoms with Crippen molar-refractivity contribution in [2.75, 3.05) is 31.1 Å². The van der Waals surface area contributed by atoms with Gasteiger partial charge in [0.05, 0.1) is 5.39 Å². The monoisotopic (exact) mass is 434 g/mol. The van der Waals surface area contributed by atoms with Gasteiger partial charge in [-0.3, -0.25) is 4.79 Å². The van der Waals surface area contributed by atoms with Crippen molar-refractivity contribution < 1.29 is 4.79 Å². The van der Waals surface area contributed by atoms with Gasteiger partial charge in [0.15, 0.2) is 0 Å². The van der Waals surface area contributed by atoms with Gasteiger partial charge in [-0.15, -0.1) is 11.3 Å². The number of amides is 1. The highest BCUT2D eigenvalue weighted by Gasteiger charge is 2.28. The van der Waals surface area contributed by atoms with Crippen LogP contribution in [0.4, 0.5) is 5.82 Å². The van der Waals surface area contributed by atoms with Gasteiger partial charge in [-0.2, -0.15) is 0 Å². The molecule has 0 saturated carbocycles. The van der Waals surface area contributed by atoms with E-state index >= 15 is 0 Å². The minimum absolute atomic E-state index is 0.129. The van der Waals surface area contributed by atoms with E-state index in [1.54, 1.807) is 6.33 Å². The Morgan fingerprint density at radius 1 is 1.10 bits per heavy atom. The molecule has 5 nitrogen and oxygen atoms in total. The summed E-state index contributed by atoms with van der Waals surface area (Å²) in [6.07, 6.45) is 5.23. The zero-order valence-electron chi connectivity index (χ0n) is 18.6. The molecule has 0 spiro atoms. The number of anilines is 1. The van der Waals surface area contributed by atoms with Crippen LogP contribution >= 0.6 is 11.3 Å². The van der Waals surface area contributed by atoms with Crippen molar-refractivity contribution in [1.82, 2.24) is 14.9 Å². The van der Waals surface area contributed by atoms with Crippen LogP contribution in [0.1, 0.15) is 59.5 Å². The van der Waals surface area contributed by atoms with Crippen LogP contribution in [0, 0.1) is 5.92 Å². The Morgan fingerprint density at radius 2 is 1.84 bits per heavy atom. The lowest BCUT2D eigenvalue weighted by Gasteiger charge is -2.36. The summed E-state index contributed by atoms with van der Waals surface area (Å²) >= 11 is 1.85. The summed E-state index contributed by atoms with van der Waals surface area (Å²) in [4.78, 5) is 29.2. The number of aryl methyl sites for hydroxylation is 1. The van der Waals surface area contributed by atoms with Crippen LogP contribution in [-0.2, 0) is 12.8 Å². The molecule has 1 fully saturated rings. The van der Waals surface area contributed by atoms with Crippen LogP contribution < -0.4 is 4.90 Å². The molecule has 1 atom stereocenters. The first kappa shape index (κ1) is 20.4. The molecule has 1 aliphatic heterocycles. The molecule has 1 aromatic carbocycles. The topological polar surface area (TPSA) is 49.3 Å². The molecule has 162 valence electrons.